The molecule has 1 aromatic heterocycles. The van der Waals surface area contributed by atoms with Gasteiger partial charge >= 0.3 is 0 Å². The van der Waals surface area contributed by atoms with Gasteiger partial charge in [0.05, 0.1) is 12.2 Å². The Hall–Kier alpha value is -2.83. The second-order valence-corrected chi connectivity index (χ2v) is 7.25. The lowest BCUT2D eigenvalue weighted by Gasteiger charge is -2.21. The molecule has 28 heavy (non-hydrogen) atoms. The van der Waals surface area contributed by atoms with Gasteiger partial charge in [-0.3, -0.25) is 14.5 Å². The van der Waals surface area contributed by atoms with Crippen molar-refractivity contribution < 1.29 is 4.79 Å². The molecule has 7 nitrogen and oxygen atoms in total. The van der Waals surface area contributed by atoms with Crippen molar-refractivity contribution in [2.75, 3.05) is 12.4 Å². The molecule has 1 aromatic carbocycles. The number of hydrogen-bond donors (Lipinski definition) is 3. The Morgan fingerprint density at radius 1 is 1.18 bits per heavy atom. The zero-order valence-corrected chi connectivity index (χ0v) is 16.7. The zero-order valence-electron chi connectivity index (χ0n) is 16.7. The normalized spacial score (nSPS) is 15.3. The number of aliphatic imine (C=N–C) groups is 1. The van der Waals surface area contributed by atoms with Crippen molar-refractivity contribution in [3.8, 4) is 0 Å². The smallest absolute Gasteiger partial charge is 0.227 e. The molecule has 0 radical (unpaired) electrons. The average Bonchev–Trinajstić information content (AvgIpc) is 3.14. The molecule has 1 aliphatic rings. The number of guanidine groups is 1. The summed E-state index contributed by atoms with van der Waals surface area (Å²) in [6.07, 6.45) is 7.36. The summed E-state index contributed by atoms with van der Waals surface area (Å²) >= 11 is 0. The maximum atomic E-state index is 12.5. The molecule has 3 N–H and O–H groups in total. The van der Waals surface area contributed by atoms with E-state index in [1.54, 1.807) is 13.2 Å². The number of aromatic nitrogens is 2. The van der Waals surface area contributed by atoms with Crippen molar-refractivity contribution in [1.82, 2.24) is 20.4 Å². The van der Waals surface area contributed by atoms with Gasteiger partial charge in [-0.1, -0.05) is 31.4 Å². The first kappa shape index (κ1) is 19.9. The highest BCUT2D eigenvalue weighted by Crippen LogP contribution is 2.25. The fraction of sp³-hybridized carbons (Fsp3) is 0.476. The summed E-state index contributed by atoms with van der Waals surface area (Å²) in [6, 6.07) is 9.94. The quantitative estimate of drug-likeness (QED) is 0.530. The number of carbonyl (C=O) groups excluding carboxylic acids is 1. The monoisotopic (exact) mass is 382 g/mol. The van der Waals surface area contributed by atoms with Gasteiger partial charge in [0.1, 0.15) is 0 Å². The van der Waals surface area contributed by atoms with Gasteiger partial charge in [-0.15, -0.1) is 0 Å². The molecule has 1 amide bonds. The Bertz CT molecular complexity index is 807. The van der Waals surface area contributed by atoms with Crippen LogP contribution in [0.4, 0.5) is 5.69 Å². The van der Waals surface area contributed by atoms with E-state index in [0.29, 0.717) is 13.1 Å². The summed E-state index contributed by atoms with van der Waals surface area (Å²) in [4.78, 5) is 16.7. The number of rotatable bonds is 6. The summed E-state index contributed by atoms with van der Waals surface area (Å²) in [5.74, 6) is 1.03. The Labute approximate surface area is 166 Å². The summed E-state index contributed by atoms with van der Waals surface area (Å²) in [7, 11) is 3.67. The number of benzene rings is 1. The number of nitrogens with one attached hydrogen (secondary N) is 3. The van der Waals surface area contributed by atoms with Gasteiger partial charge in [-0.2, -0.15) is 5.10 Å². The van der Waals surface area contributed by atoms with Gasteiger partial charge in [-0.05, 0) is 36.6 Å². The van der Waals surface area contributed by atoms with Crippen LogP contribution in [0.2, 0.25) is 0 Å². The lowest BCUT2D eigenvalue weighted by atomic mass is 9.88. The van der Waals surface area contributed by atoms with E-state index in [0.717, 1.165) is 48.6 Å². The van der Waals surface area contributed by atoms with Crippen LogP contribution in [0.15, 0.2) is 41.5 Å². The van der Waals surface area contributed by atoms with Crippen LogP contribution in [0, 0.1) is 5.92 Å². The topological polar surface area (TPSA) is 83.3 Å². The first-order valence-corrected chi connectivity index (χ1v) is 9.97. The molecule has 0 unspecified atom stereocenters. The first-order valence-electron chi connectivity index (χ1n) is 9.97. The van der Waals surface area contributed by atoms with Crippen molar-refractivity contribution >= 4 is 17.6 Å². The van der Waals surface area contributed by atoms with Crippen LogP contribution in [-0.2, 0) is 24.9 Å². The van der Waals surface area contributed by atoms with E-state index < -0.39 is 0 Å². The summed E-state index contributed by atoms with van der Waals surface area (Å²) in [5.41, 5.74) is 3.02. The largest absolute Gasteiger partial charge is 0.352 e. The maximum Gasteiger partial charge on any atom is 0.227 e. The SMILES string of the molecule is CN=C(NCc1cccc(NC(=O)C2CCCCC2)c1)NCc1ccnn1C. The highest BCUT2D eigenvalue weighted by molar-refractivity contribution is 5.92. The summed E-state index contributed by atoms with van der Waals surface area (Å²) in [6.45, 7) is 1.27. The molecule has 150 valence electrons. The number of anilines is 1. The number of carbonyl (C=O) groups is 1. The lowest BCUT2D eigenvalue weighted by Crippen LogP contribution is -2.36. The van der Waals surface area contributed by atoms with Gasteiger partial charge in [0.25, 0.3) is 0 Å². The average molecular weight is 383 g/mol. The number of nitrogens with zero attached hydrogens (tertiary/aromatic N) is 3. The van der Waals surface area contributed by atoms with Crippen LogP contribution in [0.1, 0.15) is 43.4 Å². The summed E-state index contributed by atoms with van der Waals surface area (Å²) in [5, 5.41) is 13.8. The van der Waals surface area contributed by atoms with E-state index in [1.807, 2.05) is 42.1 Å². The molecule has 0 atom stereocenters. The minimum Gasteiger partial charge on any atom is -0.352 e. The fourth-order valence-corrected chi connectivity index (χ4v) is 3.52. The Morgan fingerprint density at radius 3 is 2.68 bits per heavy atom. The van der Waals surface area contributed by atoms with Crippen molar-refractivity contribution in [1.29, 1.82) is 0 Å². The molecule has 1 fully saturated rings. The van der Waals surface area contributed by atoms with Crippen LogP contribution in [0.25, 0.3) is 0 Å². The van der Waals surface area contributed by atoms with Crippen LogP contribution < -0.4 is 16.0 Å². The Morgan fingerprint density at radius 2 is 1.96 bits per heavy atom. The molecule has 0 aliphatic heterocycles. The van der Waals surface area contributed by atoms with E-state index >= 15 is 0 Å². The Kier molecular flexibility index (Phi) is 7.06. The third-order valence-corrected chi connectivity index (χ3v) is 5.21. The standard InChI is InChI=1S/C21H30N6O/c1-22-21(24-15-19-11-12-25-27(19)2)23-14-16-7-6-10-18(13-16)26-20(28)17-8-4-3-5-9-17/h6-7,10-13,17H,3-5,8-9,14-15H2,1-2H3,(H,26,28)(H2,22,23,24). The van der Waals surface area contributed by atoms with Gasteiger partial charge in [-0.25, -0.2) is 0 Å². The van der Waals surface area contributed by atoms with Crippen LogP contribution >= 0.6 is 0 Å². The van der Waals surface area contributed by atoms with E-state index in [9.17, 15) is 4.79 Å². The van der Waals surface area contributed by atoms with Crippen molar-refractivity contribution in [2.45, 2.75) is 45.2 Å². The predicted molar refractivity (Wildman–Crippen MR) is 112 cm³/mol. The van der Waals surface area contributed by atoms with Crippen molar-refractivity contribution in [3.05, 3.63) is 47.8 Å². The molecular weight excluding hydrogens is 352 g/mol. The number of hydrogen-bond acceptors (Lipinski definition) is 3. The molecule has 1 heterocycles. The molecular formula is C21H30N6O. The Balaban J connectivity index is 1.50. The molecule has 0 bridgehead atoms. The minimum atomic E-state index is 0.151. The highest BCUT2D eigenvalue weighted by Gasteiger charge is 2.21. The molecule has 1 saturated carbocycles. The fourth-order valence-electron chi connectivity index (χ4n) is 3.52. The second kappa shape index (κ2) is 9.92. The van der Waals surface area contributed by atoms with E-state index in [4.69, 9.17) is 0 Å². The van der Waals surface area contributed by atoms with Gasteiger partial charge in [0.2, 0.25) is 5.91 Å². The first-order chi connectivity index (χ1) is 13.7. The third-order valence-electron chi connectivity index (χ3n) is 5.21. The second-order valence-electron chi connectivity index (χ2n) is 7.25. The van der Waals surface area contributed by atoms with E-state index in [-0.39, 0.29) is 11.8 Å². The van der Waals surface area contributed by atoms with E-state index in [2.05, 4.69) is 26.0 Å². The maximum absolute atomic E-state index is 12.5. The van der Waals surface area contributed by atoms with Gasteiger partial charge in [0, 0.05) is 38.4 Å². The van der Waals surface area contributed by atoms with Crippen molar-refractivity contribution in [3.63, 3.8) is 0 Å². The minimum absolute atomic E-state index is 0.151. The van der Waals surface area contributed by atoms with Crippen LogP contribution in [0.3, 0.4) is 0 Å². The lowest BCUT2D eigenvalue weighted by molar-refractivity contribution is -0.120. The number of amides is 1. The summed E-state index contributed by atoms with van der Waals surface area (Å²) < 4.78 is 1.83. The molecule has 0 spiro atoms. The third kappa shape index (κ3) is 5.58. The molecule has 0 saturated heterocycles. The molecule has 1 aliphatic carbocycles. The van der Waals surface area contributed by atoms with Gasteiger partial charge < -0.3 is 16.0 Å². The molecule has 3 rings (SSSR count). The molecule has 2 aromatic rings. The predicted octanol–water partition coefficient (Wildman–Crippen LogP) is 2.80. The number of aryl methyl sites for hydroxylation is 1. The van der Waals surface area contributed by atoms with Gasteiger partial charge in [0.15, 0.2) is 5.96 Å². The van der Waals surface area contributed by atoms with Crippen LogP contribution in [-0.4, -0.2) is 28.7 Å². The molecule has 7 heteroatoms. The highest BCUT2D eigenvalue weighted by atomic mass is 16.1. The van der Waals surface area contributed by atoms with Crippen LogP contribution in [0.5, 0.6) is 0 Å². The van der Waals surface area contributed by atoms with E-state index in [1.165, 1.54) is 6.42 Å². The van der Waals surface area contributed by atoms with Crippen molar-refractivity contribution in [2.24, 2.45) is 18.0 Å². The zero-order chi connectivity index (χ0) is 19.8.